The van der Waals surface area contributed by atoms with Gasteiger partial charge < -0.3 is 20.3 Å². The van der Waals surface area contributed by atoms with Gasteiger partial charge in [0, 0.05) is 12.8 Å². The third-order valence-electron chi connectivity index (χ3n) is 16.8. The summed E-state index contributed by atoms with van der Waals surface area (Å²) in [5.41, 5.74) is 0. The zero-order valence-electron chi connectivity index (χ0n) is 54.5. The summed E-state index contributed by atoms with van der Waals surface area (Å²) in [6.07, 6.45) is 92.0. The molecule has 6 heteroatoms. The van der Waals surface area contributed by atoms with Crippen molar-refractivity contribution in [2.24, 2.45) is 0 Å². The monoisotopic (exact) mass is 1140 g/mol. The number of unbranched alkanes of at least 4 members (excludes halogenated alkanes) is 51. The lowest BCUT2D eigenvalue weighted by molar-refractivity contribution is -0.143. The summed E-state index contributed by atoms with van der Waals surface area (Å²) in [5, 5.41) is 23.2. The van der Waals surface area contributed by atoms with Gasteiger partial charge in [-0.25, -0.2) is 0 Å². The van der Waals surface area contributed by atoms with E-state index in [0.29, 0.717) is 19.4 Å². The molecule has 3 N–H and O–H groups in total. The number of aliphatic hydroxyl groups is 2. The zero-order chi connectivity index (χ0) is 58.5. The number of carbonyl (C=O) groups is 2. The lowest BCUT2D eigenvalue weighted by Gasteiger charge is -2.20. The first-order chi connectivity index (χ1) is 40.0. The molecule has 1 amide bonds. The molecule has 0 aromatic heterocycles. The summed E-state index contributed by atoms with van der Waals surface area (Å²) in [4.78, 5) is 24.6. The van der Waals surface area contributed by atoms with Crippen LogP contribution in [0.2, 0.25) is 0 Å². The molecule has 0 aliphatic heterocycles. The van der Waals surface area contributed by atoms with Gasteiger partial charge in [-0.15, -0.1) is 0 Å². The number of aliphatic hydroxyl groups excluding tert-OH is 2. The van der Waals surface area contributed by atoms with Crippen molar-refractivity contribution in [2.75, 3.05) is 13.2 Å². The van der Waals surface area contributed by atoms with Crippen molar-refractivity contribution in [3.05, 3.63) is 48.6 Å². The molecule has 0 aliphatic rings. The maximum Gasteiger partial charge on any atom is 0.305 e. The number of carbonyl (C=O) groups excluding carboxylic acids is 2. The van der Waals surface area contributed by atoms with Gasteiger partial charge in [-0.3, -0.25) is 9.59 Å². The maximum atomic E-state index is 12.5. The van der Waals surface area contributed by atoms with E-state index in [0.717, 1.165) is 51.4 Å². The molecule has 0 rings (SSSR count). The zero-order valence-corrected chi connectivity index (χ0v) is 54.5. The van der Waals surface area contributed by atoms with Gasteiger partial charge in [0.05, 0.1) is 25.4 Å². The fraction of sp³-hybridized carbons (Fsp3) is 0.867. The lowest BCUT2D eigenvalue weighted by Crippen LogP contribution is -2.45. The molecule has 81 heavy (non-hydrogen) atoms. The number of ether oxygens (including phenoxy) is 1. The average Bonchev–Trinajstić information content (AvgIpc) is 3.47. The van der Waals surface area contributed by atoms with Gasteiger partial charge in [-0.1, -0.05) is 339 Å². The van der Waals surface area contributed by atoms with Gasteiger partial charge in [0.2, 0.25) is 5.91 Å². The summed E-state index contributed by atoms with van der Waals surface area (Å²) < 4.78 is 5.49. The van der Waals surface area contributed by atoms with E-state index in [1.807, 2.05) is 6.08 Å². The molecule has 0 saturated heterocycles. The second kappa shape index (κ2) is 70.3. The Balaban J connectivity index is 3.41. The van der Waals surface area contributed by atoms with Crippen LogP contribution in [0.3, 0.4) is 0 Å². The maximum absolute atomic E-state index is 12.5. The van der Waals surface area contributed by atoms with Gasteiger partial charge >= 0.3 is 5.97 Å². The Morgan fingerprint density at radius 1 is 0.346 bits per heavy atom. The Hall–Kier alpha value is -2.18. The van der Waals surface area contributed by atoms with Crippen LogP contribution in [0.5, 0.6) is 0 Å². The second-order valence-corrected chi connectivity index (χ2v) is 24.9. The van der Waals surface area contributed by atoms with Crippen molar-refractivity contribution >= 4 is 11.9 Å². The Morgan fingerprint density at radius 3 is 0.951 bits per heavy atom. The third-order valence-corrected chi connectivity index (χ3v) is 16.8. The largest absolute Gasteiger partial charge is 0.466 e. The van der Waals surface area contributed by atoms with Crippen LogP contribution in [0.25, 0.3) is 0 Å². The summed E-state index contributed by atoms with van der Waals surface area (Å²) in [6, 6.07) is -0.629. The highest BCUT2D eigenvalue weighted by Crippen LogP contribution is 2.18. The highest BCUT2D eigenvalue weighted by atomic mass is 16.5. The van der Waals surface area contributed by atoms with E-state index in [-0.39, 0.29) is 18.5 Å². The van der Waals surface area contributed by atoms with Crippen LogP contribution in [0.1, 0.15) is 393 Å². The van der Waals surface area contributed by atoms with Crippen LogP contribution in [-0.4, -0.2) is 47.4 Å². The Labute approximate surface area is 506 Å². The number of hydrogen-bond acceptors (Lipinski definition) is 5. The number of allylic oxidation sites excluding steroid dienone is 7. The van der Waals surface area contributed by atoms with Crippen molar-refractivity contribution in [3.63, 3.8) is 0 Å². The van der Waals surface area contributed by atoms with E-state index < -0.39 is 12.1 Å². The highest BCUT2D eigenvalue weighted by molar-refractivity contribution is 5.76. The normalized spacial score (nSPS) is 12.8. The number of esters is 1. The molecule has 0 heterocycles. The average molecular weight is 1140 g/mol. The predicted octanol–water partition coefficient (Wildman–Crippen LogP) is 23.6. The molecular weight excluding hydrogens is 995 g/mol. The third kappa shape index (κ3) is 66.8. The number of nitrogens with one attached hydrogen (secondary N) is 1. The molecule has 0 spiro atoms. The standard InChI is InChI=1S/C75H141NO5/c1-3-5-7-9-11-13-15-17-19-20-36-40-43-47-51-55-59-63-67-73(78)72(71-77)76-74(79)68-64-60-56-52-48-44-41-37-34-32-30-28-26-24-22-21-23-25-27-29-31-33-35-38-42-46-50-54-58-62-66-70-81-75(80)69-65-61-57-53-49-45-39-18-16-14-12-10-8-6-4-2/h18,23,25,29,31,39,63,67,72-73,77-78H,3-17,19-22,24,26-28,30,32-38,40-62,64-66,68-71H2,1-2H3,(H,76,79)/b25-23-,31-29-,39-18-,67-63+. The Kier molecular flexibility index (Phi) is 68.4. The Morgan fingerprint density at radius 2 is 0.617 bits per heavy atom. The van der Waals surface area contributed by atoms with Crippen LogP contribution < -0.4 is 5.32 Å². The van der Waals surface area contributed by atoms with E-state index in [1.54, 1.807) is 6.08 Å². The SMILES string of the molecule is CCCCCCCC/C=C\CCCCCCCC(=O)OCCCCCCCCCCC/C=C\C/C=C\CCCCCCCCCCCCCCCCCC(=O)NC(CO)C(O)/C=C/CCCCCCCCCCCCCCCCCC. The first-order valence-electron chi connectivity index (χ1n) is 36.4. The van der Waals surface area contributed by atoms with Crippen LogP contribution in [0, 0.1) is 0 Å². The van der Waals surface area contributed by atoms with Crippen molar-refractivity contribution in [2.45, 2.75) is 405 Å². The van der Waals surface area contributed by atoms with E-state index in [2.05, 4.69) is 55.6 Å². The van der Waals surface area contributed by atoms with E-state index in [4.69, 9.17) is 4.74 Å². The minimum Gasteiger partial charge on any atom is -0.466 e. The lowest BCUT2D eigenvalue weighted by atomic mass is 10.0. The summed E-state index contributed by atoms with van der Waals surface area (Å²) >= 11 is 0. The molecule has 6 nitrogen and oxygen atoms in total. The van der Waals surface area contributed by atoms with Crippen molar-refractivity contribution in [1.82, 2.24) is 5.32 Å². The van der Waals surface area contributed by atoms with Gasteiger partial charge in [0.15, 0.2) is 0 Å². The van der Waals surface area contributed by atoms with E-state index in [1.165, 1.54) is 315 Å². The number of hydrogen-bond donors (Lipinski definition) is 3. The van der Waals surface area contributed by atoms with Gasteiger partial charge in [0.1, 0.15) is 0 Å². The number of rotatable bonds is 68. The molecule has 0 bridgehead atoms. The quantitative estimate of drug-likeness (QED) is 0.0320. The van der Waals surface area contributed by atoms with Crippen LogP contribution in [0.15, 0.2) is 48.6 Å². The summed E-state index contributed by atoms with van der Waals surface area (Å²) in [7, 11) is 0. The van der Waals surface area contributed by atoms with Crippen LogP contribution in [-0.2, 0) is 14.3 Å². The summed E-state index contributed by atoms with van der Waals surface area (Å²) in [5.74, 6) is -0.0595. The summed E-state index contributed by atoms with van der Waals surface area (Å²) in [6.45, 7) is 4.92. The van der Waals surface area contributed by atoms with Gasteiger partial charge in [0.25, 0.3) is 0 Å². The number of amides is 1. The van der Waals surface area contributed by atoms with Crippen molar-refractivity contribution < 1.29 is 24.5 Å². The fourth-order valence-electron chi connectivity index (χ4n) is 11.3. The van der Waals surface area contributed by atoms with Gasteiger partial charge in [-0.05, 0) is 89.9 Å². The molecule has 0 radical (unpaired) electrons. The molecule has 0 saturated carbocycles. The first kappa shape index (κ1) is 78.8. The van der Waals surface area contributed by atoms with Crippen LogP contribution >= 0.6 is 0 Å². The smallest absolute Gasteiger partial charge is 0.305 e. The molecule has 2 atom stereocenters. The molecule has 0 aliphatic carbocycles. The fourth-order valence-corrected chi connectivity index (χ4v) is 11.3. The minimum atomic E-state index is -0.845. The molecule has 0 fully saturated rings. The predicted molar refractivity (Wildman–Crippen MR) is 356 cm³/mol. The van der Waals surface area contributed by atoms with Crippen molar-refractivity contribution in [3.8, 4) is 0 Å². The van der Waals surface area contributed by atoms with E-state index >= 15 is 0 Å². The molecule has 0 aromatic carbocycles. The molecule has 0 aromatic rings. The Bertz CT molecular complexity index is 1360. The van der Waals surface area contributed by atoms with Crippen LogP contribution in [0.4, 0.5) is 0 Å². The van der Waals surface area contributed by atoms with Gasteiger partial charge in [-0.2, -0.15) is 0 Å². The topological polar surface area (TPSA) is 95.9 Å². The molecule has 2 unspecified atom stereocenters. The minimum absolute atomic E-state index is 0.00515. The molecular formula is C75H141NO5. The first-order valence-corrected chi connectivity index (χ1v) is 36.4. The highest BCUT2D eigenvalue weighted by Gasteiger charge is 2.18. The molecule has 476 valence electrons. The van der Waals surface area contributed by atoms with E-state index in [9.17, 15) is 19.8 Å². The van der Waals surface area contributed by atoms with Crippen molar-refractivity contribution in [1.29, 1.82) is 0 Å². The second-order valence-electron chi connectivity index (χ2n) is 24.9.